The van der Waals surface area contributed by atoms with Gasteiger partial charge in [-0.15, -0.1) is 0 Å². The van der Waals surface area contributed by atoms with Gasteiger partial charge in [-0.25, -0.2) is 0 Å². The Hall–Kier alpha value is -0.530. The molecule has 3 unspecified atom stereocenters. The van der Waals surface area contributed by atoms with Gasteiger partial charge in [-0.2, -0.15) is 0 Å². The summed E-state index contributed by atoms with van der Waals surface area (Å²) >= 11 is 0. The highest BCUT2D eigenvalue weighted by molar-refractivity contribution is 5.85. The first kappa shape index (κ1) is 14.9. The van der Waals surface area contributed by atoms with Crippen LogP contribution >= 0.6 is 0 Å². The van der Waals surface area contributed by atoms with Gasteiger partial charge in [0.1, 0.15) is 5.84 Å². The summed E-state index contributed by atoms with van der Waals surface area (Å²) in [4.78, 5) is 7.58. The van der Waals surface area contributed by atoms with Crippen LogP contribution in [-0.4, -0.2) is 28.9 Å². The molecule has 1 saturated heterocycles. The number of likely N-dealkylation sites (tertiary alicyclic amines) is 1. The topological polar surface area (TPSA) is 15.6 Å². The van der Waals surface area contributed by atoms with E-state index in [4.69, 9.17) is 4.99 Å². The molecule has 1 heterocycles. The number of rotatable bonds is 3. The largest absolute Gasteiger partial charge is 0.355 e. The maximum absolute atomic E-state index is 4.93. The maximum Gasteiger partial charge on any atom is 0.100 e. The molecular formula is C17H32N2. The van der Waals surface area contributed by atoms with E-state index in [0.717, 1.165) is 17.9 Å². The second-order valence-electron chi connectivity index (χ2n) is 7.11. The predicted molar refractivity (Wildman–Crippen MR) is 83.7 cm³/mol. The van der Waals surface area contributed by atoms with E-state index < -0.39 is 0 Å². The van der Waals surface area contributed by atoms with E-state index in [1.165, 1.54) is 44.4 Å². The Morgan fingerprint density at radius 3 is 2.53 bits per heavy atom. The van der Waals surface area contributed by atoms with Crippen molar-refractivity contribution < 1.29 is 0 Å². The molecule has 0 radical (unpaired) electrons. The molecular weight excluding hydrogens is 232 g/mol. The van der Waals surface area contributed by atoms with Crippen LogP contribution in [0.15, 0.2) is 4.99 Å². The van der Waals surface area contributed by atoms with Gasteiger partial charge in [-0.1, -0.05) is 26.2 Å². The fourth-order valence-electron chi connectivity index (χ4n) is 4.14. The lowest BCUT2D eigenvalue weighted by Crippen LogP contribution is -2.40. The Bertz CT molecular complexity index is 319. The third-order valence-electron chi connectivity index (χ3n) is 4.93. The van der Waals surface area contributed by atoms with Crippen molar-refractivity contribution in [1.29, 1.82) is 0 Å². The SMILES string of the molecule is CCC1CCCC2C(C/C(=N\C(C)C)N2C(C)C)C1. The van der Waals surface area contributed by atoms with Gasteiger partial charge in [0.25, 0.3) is 0 Å². The molecule has 0 aromatic carbocycles. The highest BCUT2D eigenvalue weighted by Gasteiger charge is 2.41. The third-order valence-corrected chi connectivity index (χ3v) is 4.93. The van der Waals surface area contributed by atoms with Crippen molar-refractivity contribution in [3.8, 4) is 0 Å². The Labute approximate surface area is 119 Å². The van der Waals surface area contributed by atoms with Crippen LogP contribution in [0.2, 0.25) is 0 Å². The Morgan fingerprint density at radius 1 is 1.21 bits per heavy atom. The molecule has 2 aliphatic rings. The van der Waals surface area contributed by atoms with Gasteiger partial charge in [-0.3, -0.25) is 4.99 Å². The minimum Gasteiger partial charge on any atom is -0.355 e. The first-order valence-corrected chi connectivity index (χ1v) is 8.37. The van der Waals surface area contributed by atoms with Crippen LogP contribution in [0.5, 0.6) is 0 Å². The average Bonchev–Trinajstić information content (AvgIpc) is 2.53. The van der Waals surface area contributed by atoms with E-state index in [-0.39, 0.29) is 0 Å². The Balaban J connectivity index is 2.19. The summed E-state index contributed by atoms with van der Waals surface area (Å²) in [6, 6.07) is 1.81. The minimum atomic E-state index is 0.431. The molecule has 2 heteroatoms. The van der Waals surface area contributed by atoms with Crippen LogP contribution in [0.4, 0.5) is 0 Å². The normalized spacial score (nSPS) is 34.2. The second-order valence-corrected chi connectivity index (χ2v) is 7.11. The van der Waals surface area contributed by atoms with Gasteiger partial charge in [0.15, 0.2) is 0 Å². The highest BCUT2D eigenvalue weighted by Crippen LogP contribution is 2.40. The van der Waals surface area contributed by atoms with Crippen molar-refractivity contribution in [3.63, 3.8) is 0 Å². The zero-order chi connectivity index (χ0) is 14.0. The number of aliphatic imine (C=N–C) groups is 1. The second kappa shape index (κ2) is 6.28. The number of hydrogen-bond donors (Lipinski definition) is 0. The zero-order valence-corrected chi connectivity index (χ0v) is 13.5. The predicted octanol–water partition coefficient (Wildman–Crippen LogP) is 4.49. The highest BCUT2D eigenvalue weighted by atomic mass is 15.3. The van der Waals surface area contributed by atoms with Gasteiger partial charge in [0.05, 0.1) is 0 Å². The van der Waals surface area contributed by atoms with Crippen LogP contribution in [-0.2, 0) is 0 Å². The summed E-state index contributed by atoms with van der Waals surface area (Å²) in [5, 5.41) is 0. The third kappa shape index (κ3) is 3.32. The summed E-state index contributed by atoms with van der Waals surface area (Å²) in [6.45, 7) is 11.4. The lowest BCUT2D eigenvalue weighted by molar-refractivity contribution is 0.220. The van der Waals surface area contributed by atoms with Gasteiger partial charge in [0.2, 0.25) is 0 Å². The molecule has 0 bridgehead atoms. The molecule has 1 aliphatic carbocycles. The average molecular weight is 264 g/mol. The lowest BCUT2D eigenvalue weighted by atomic mass is 9.89. The molecule has 1 saturated carbocycles. The van der Waals surface area contributed by atoms with Crippen LogP contribution in [0, 0.1) is 11.8 Å². The van der Waals surface area contributed by atoms with Crippen molar-refractivity contribution in [2.45, 2.75) is 91.3 Å². The summed E-state index contributed by atoms with van der Waals surface area (Å²) in [7, 11) is 0. The summed E-state index contributed by atoms with van der Waals surface area (Å²) in [6.07, 6.45) is 8.28. The maximum atomic E-state index is 4.93. The fraction of sp³-hybridized carbons (Fsp3) is 0.941. The van der Waals surface area contributed by atoms with Gasteiger partial charge < -0.3 is 4.90 Å². The van der Waals surface area contributed by atoms with Gasteiger partial charge in [0, 0.05) is 24.5 Å². The molecule has 1 aliphatic heterocycles. The van der Waals surface area contributed by atoms with E-state index in [2.05, 4.69) is 39.5 Å². The Morgan fingerprint density at radius 2 is 1.95 bits per heavy atom. The molecule has 0 spiro atoms. The van der Waals surface area contributed by atoms with E-state index >= 15 is 0 Å². The van der Waals surface area contributed by atoms with Crippen molar-refractivity contribution in [3.05, 3.63) is 0 Å². The lowest BCUT2D eigenvalue weighted by Gasteiger charge is -2.32. The molecule has 0 N–H and O–H groups in total. The standard InChI is InChI=1S/C17H32N2/c1-6-14-8-7-9-16-15(10-14)11-17(18-12(2)3)19(16)13(4)5/h12-16H,6-11H2,1-5H3/b18-17+. The fourth-order valence-corrected chi connectivity index (χ4v) is 4.14. The van der Waals surface area contributed by atoms with E-state index in [1.807, 2.05) is 0 Å². The Kier molecular flexibility index (Phi) is 4.92. The molecule has 2 rings (SSSR count). The molecule has 3 atom stereocenters. The zero-order valence-electron chi connectivity index (χ0n) is 13.5. The number of hydrogen-bond acceptors (Lipinski definition) is 1. The molecule has 2 fully saturated rings. The van der Waals surface area contributed by atoms with E-state index in [9.17, 15) is 0 Å². The van der Waals surface area contributed by atoms with Gasteiger partial charge in [-0.05, 0) is 52.4 Å². The van der Waals surface area contributed by atoms with Crippen LogP contribution in [0.25, 0.3) is 0 Å². The smallest absolute Gasteiger partial charge is 0.100 e. The van der Waals surface area contributed by atoms with Crippen molar-refractivity contribution in [2.24, 2.45) is 16.8 Å². The molecule has 2 nitrogen and oxygen atoms in total. The molecule has 0 amide bonds. The van der Waals surface area contributed by atoms with Crippen molar-refractivity contribution in [1.82, 2.24) is 4.90 Å². The monoisotopic (exact) mass is 264 g/mol. The molecule has 0 aromatic heterocycles. The number of amidine groups is 1. The van der Waals surface area contributed by atoms with E-state index in [0.29, 0.717) is 12.1 Å². The quantitative estimate of drug-likeness (QED) is 0.733. The summed E-state index contributed by atoms with van der Waals surface area (Å²) < 4.78 is 0. The molecule has 110 valence electrons. The van der Waals surface area contributed by atoms with Crippen LogP contribution in [0.3, 0.4) is 0 Å². The summed E-state index contributed by atoms with van der Waals surface area (Å²) in [5.74, 6) is 3.23. The van der Waals surface area contributed by atoms with Crippen molar-refractivity contribution in [2.75, 3.05) is 0 Å². The van der Waals surface area contributed by atoms with Crippen LogP contribution < -0.4 is 0 Å². The molecule has 19 heavy (non-hydrogen) atoms. The summed E-state index contributed by atoms with van der Waals surface area (Å²) in [5.41, 5.74) is 0. The van der Waals surface area contributed by atoms with Crippen LogP contribution in [0.1, 0.15) is 73.1 Å². The minimum absolute atomic E-state index is 0.431. The first-order valence-electron chi connectivity index (χ1n) is 8.37. The number of nitrogens with zero attached hydrogens (tertiary/aromatic N) is 2. The first-order chi connectivity index (χ1) is 9.02. The molecule has 0 aromatic rings. The van der Waals surface area contributed by atoms with Crippen molar-refractivity contribution >= 4 is 5.84 Å². The van der Waals surface area contributed by atoms with Gasteiger partial charge >= 0.3 is 0 Å². The number of fused-ring (bicyclic) bond motifs is 1. The van der Waals surface area contributed by atoms with E-state index in [1.54, 1.807) is 0 Å².